The molecule has 0 N–H and O–H groups in total. The molecule has 1 aliphatic rings. The van der Waals surface area contributed by atoms with Gasteiger partial charge < -0.3 is 9.47 Å². The molecule has 0 amide bonds. The molecule has 204 valence electrons. The van der Waals surface area contributed by atoms with Gasteiger partial charge in [-0.2, -0.15) is 14.8 Å². The van der Waals surface area contributed by atoms with Crippen LogP contribution in [0.4, 0.5) is 0 Å². The van der Waals surface area contributed by atoms with Crippen LogP contribution in [0.15, 0.2) is 90.3 Å². The Labute approximate surface area is 234 Å². The van der Waals surface area contributed by atoms with Gasteiger partial charge in [-0.1, -0.05) is 48.0 Å². The first-order valence-electron chi connectivity index (χ1n) is 12.6. The zero-order valence-corrected chi connectivity index (χ0v) is 23.3. The molecule has 8 nitrogen and oxygen atoms in total. The summed E-state index contributed by atoms with van der Waals surface area (Å²) in [5.41, 5.74) is 0.204. The second-order valence-corrected chi connectivity index (χ2v) is 11.6. The van der Waals surface area contributed by atoms with Gasteiger partial charge >= 0.3 is 5.97 Å². The molecule has 0 radical (unpaired) electrons. The van der Waals surface area contributed by atoms with Crippen molar-refractivity contribution in [2.45, 2.75) is 30.7 Å². The number of ether oxygens (including phenoxy) is 2. The number of aryl methyl sites for hydroxylation is 1. The zero-order chi connectivity index (χ0) is 29.1. The fraction of sp³-hybridized carbons (Fsp3) is 0.258. The summed E-state index contributed by atoms with van der Waals surface area (Å²) in [5, 5.41) is 21.3. The van der Waals surface area contributed by atoms with Gasteiger partial charge in [-0.3, -0.25) is 4.79 Å². The summed E-state index contributed by atoms with van der Waals surface area (Å²) >= 11 is 0. The van der Waals surface area contributed by atoms with E-state index in [9.17, 15) is 23.7 Å². The van der Waals surface area contributed by atoms with Gasteiger partial charge in [0.1, 0.15) is 11.5 Å². The lowest BCUT2D eigenvalue weighted by molar-refractivity contribution is -0.131. The van der Waals surface area contributed by atoms with Crippen LogP contribution in [0.25, 0.3) is 0 Å². The lowest BCUT2D eigenvalue weighted by Gasteiger charge is -2.49. The van der Waals surface area contributed by atoms with Gasteiger partial charge in [-0.15, -0.1) is 6.58 Å². The number of methoxy groups -OCH3 is 1. The van der Waals surface area contributed by atoms with E-state index < -0.39 is 39.3 Å². The number of nitriles is 2. The smallest absolute Gasteiger partial charge is 0.308 e. The number of hydrogen-bond donors (Lipinski definition) is 0. The SMILES string of the molecule is C=C[C@@H]1[C@H](c2ccc(OC)cc2)CN(S(=O)(=O)c2ccc(C)cc2)[C@@H](c2ccc(OC(C)=O)cc2)C1(C#N)C#N. The van der Waals surface area contributed by atoms with Crippen molar-refractivity contribution in [2.75, 3.05) is 13.7 Å². The van der Waals surface area contributed by atoms with Crippen LogP contribution in [0, 0.1) is 40.9 Å². The number of benzene rings is 3. The number of piperidine rings is 1. The first kappa shape index (κ1) is 28.6. The zero-order valence-electron chi connectivity index (χ0n) is 22.4. The van der Waals surface area contributed by atoms with Gasteiger partial charge in [-0.05, 0) is 54.4 Å². The fourth-order valence-corrected chi connectivity index (χ4v) is 7.02. The molecule has 0 aromatic heterocycles. The van der Waals surface area contributed by atoms with E-state index in [1.165, 1.54) is 35.5 Å². The van der Waals surface area contributed by atoms with Gasteiger partial charge in [-0.25, -0.2) is 8.42 Å². The maximum absolute atomic E-state index is 14.3. The monoisotopic (exact) mass is 555 g/mol. The topological polar surface area (TPSA) is 120 Å². The van der Waals surface area contributed by atoms with Crippen LogP contribution in [0.1, 0.15) is 35.6 Å². The number of sulfonamides is 1. The van der Waals surface area contributed by atoms with Crippen LogP contribution in [0.5, 0.6) is 11.5 Å². The van der Waals surface area contributed by atoms with Crippen molar-refractivity contribution in [3.63, 3.8) is 0 Å². The number of carbonyl (C=O) groups excluding carboxylic acids is 1. The fourth-order valence-electron chi connectivity index (χ4n) is 5.35. The summed E-state index contributed by atoms with van der Waals surface area (Å²) < 4.78 is 40.2. The lowest BCUT2D eigenvalue weighted by atomic mass is 9.61. The molecular formula is C31H29N3O5S. The van der Waals surface area contributed by atoms with Crippen LogP contribution in [0.3, 0.4) is 0 Å². The van der Waals surface area contributed by atoms with Gasteiger partial charge in [0.25, 0.3) is 0 Å². The van der Waals surface area contributed by atoms with Crippen molar-refractivity contribution in [3.8, 4) is 23.6 Å². The third kappa shape index (κ3) is 5.10. The molecule has 1 aliphatic heterocycles. The summed E-state index contributed by atoms with van der Waals surface area (Å²) in [6.45, 7) is 7.08. The summed E-state index contributed by atoms with van der Waals surface area (Å²) in [4.78, 5) is 11.5. The maximum atomic E-state index is 14.3. The van der Waals surface area contributed by atoms with E-state index in [0.717, 1.165) is 11.1 Å². The maximum Gasteiger partial charge on any atom is 0.308 e. The molecular weight excluding hydrogens is 526 g/mol. The Morgan fingerprint density at radius 2 is 1.52 bits per heavy atom. The van der Waals surface area contributed by atoms with Crippen molar-refractivity contribution in [1.29, 1.82) is 10.5 Å². The minimum Gasteiger partial charge on any atom is -0.497 e. The Hall–Kier alpha value is -4.44. The van der Waals surface area contributed by atoms with Crippen LogP contribution >= 0.6 is 0 Å². The number of nitrogens with zero attached hydrogens (tertiary/aromatic N) is 3. The molecule has 1 fully saturated rings. The standard InChI is InChI=1S/C31H29N3O5S/c1-5-29-28(23-8-12-25(38-4)13-9-23)18-34(40(36,37)27-16-6-21(2)7-17-27)30(31(29,19-32)20-33)24-10-14-26(15-11-24)39-22(3)35/h5-17,28-30H,1,18H2,2-4H3/t28-,29+,30-/m0/s1. The van der Waals surface area contributed by atoms with Crippen LogP contribution in [-0.2, 0) is 14.8 Å². The summed E-state index contributed by atoms with van der Waals surface area (Å²) in [6, 6.07) is 23.0. The molecule has 1 saturated heterocycles. The molecule has 3 atom stereocenters. The lowest BCUT2D eigenvalue weighted by Crippen LogP contribution is -2.54. The summed E-state index contributed by atoms with van der Waals surface area (Å²) in [5.74, 6) is -0.906. The van der Waals surface area contributed by atoms with Crippen molar-refractivity contribution in [2.24, 2.45) is 11.3 Å². The van der Waals surface area contributed by atoms with E-state index in [2.05, 4.69) is 18.7 Å². The minimum atomic E-state index is -4.20. The second kappa shape index (κ2) is 11.4. The normalized spacial score (nSPS) is 20.5. The molecule has 0 unspecified atom stereocenters. The van der Waals surface area contributed by atoms with Crippen molar-refractivity contribution >= 4 is 16.0 Å². The highest BCUT2D eigenvalue weighted by Crippen LogP contribution is 2.55. The Balaban J connectivity index is 1.96. The Kier molecular flexibility index (Phi) is 8.11. The molecule has 4 rings (SSSR count). The van der Waals surface area contributed by atoms with Crippen LogP contribution in [-0.4, -0.2) is 32.3 Å². The van der Waals surface area contributed by atoms with Crippen molar-refractivity contribution in [1.82, 2.24) is 4.31 Å². The predicted octanol–water partition coefficient (Wildman–Crippen LogP) is 5.29. The van der Waals surface area contributed by atoms with Crippen molar-refractivity contribution in [3.05, 3.63) is 102 Å². The number of allylic oxidation sites excluding steroid dienone is 1. The molecule has 0 saturated carbocycles. The predicted molar refractivity (Wildman–Crippen MR) is 149 cm³/mol. The Morgan fingerprint density at radius 1 is 0.975 bits per heavy atom. The summed E-state index contributed by atoms with van der Waals surface area (Å²) in [6.07, 6.45) is 1.57. The van der Waals surface area contributed by atoms with Gasteiger partial charge in [0.15, 0.2) is 5.41 Å². The summed E-state index contributed by atoms with van der Waals surface area (Å²) in [7, 11) is -2.65. The van der Waals surface area contributed by atoms with E-state index >= 15 is 0 Å². The second-order valence-electron chi connectivity index (χ2n) is 9.69. The van der Waals surface area contributed by atoms with Crippen LogP contribution < -0.4 is 9.47 Å². The highest BCUT2D eigenvalue weighted by molar-refractivity contribution is 7.89. The van der Waals surface area contributed by atoms with Gasteiger partial charge in [0.2, 0.25) is 10.0 Å². The van der Waals surface area contributed by atoms with E-state index in [-0.39, 0.29) is 17.2 Å². The highest BCUT2D eigenvalue weighted by atomic mass is 32.2. The third-order valence-corrected chi connectivity index (χ3v) is 9.15. The number of rotatable bonds is 7. The number of esters is 1. The number of hydrogen-bond acceptors (Lipinski definition) is 7. The quantitative estimate of drug-likeness (QED) is 0.221. The van der Waals surface area contributed by atoms with E-state index in [1.807, 2.05) is 19.1 Å². The average molecular weight is 556 g/mol. The van der Waals surface area contributed by atoms with E-state index in [1.54, 1.807) is 49.6 Å². The molecule has 0 aliphatic carbocycles. The van der Waals surface area contributed by atoms with Gasteiger partial charge in [0, 0.05) is 25.3 Å². The first-order valence-corrected chi connectivity index (χ1v) is 14.0. The minimum absolute atomic E-state index is 0.0132. The molecule has 3 aromatic rings. The molecule has 3 aromatic carbocycles. The van der Waals surface area contributed by atoms with E-state index in [4.69, 9.17) is 9.47 Å². The Bertz CT molecular complexity index is 1570. The van der Waals surface area contributed by atoms with Crippen molar-refractivity contribution < 1.29 is 22.7 Å². The van der Waals surface area contributed by atoms with Crippen LogP contribution in [0.2, 0.25) is 0 Å². The third-order valence-electron chi connectivity index (χ3n) is 7.31. The first-order chi connectivity index (χ1) is 19.1. The molecule has 0 bridgehead atoms. The largest absolute Gasteiger partial charge is 0.497 e. The van der Waals surface area contributed by atoms with Gasteiger partial charge in [0.05, 0.1) is 30.2 Å². The van der Waals surface area contributed by atoms with E-state index in [0.29, 0.717) is 11.3 Å². The average Bonchev–Trinajstić information content (AvgIpc) is 2.96. The molecule has 1 heterocycles. The highest BCUT2D eigenvalue weighted by Gasteiger charge is 2.58. The Morgan fingerprint density at radius 3 is 2.02 bits per heavy atom. The molecule has 40 heavy (non-hydrogen) atoms. The number of carbonyl (C=O) groups is 1. The molecule has 0 spiro atoms. The molecule has 9 heteroatoms.